The number of methoxy groups -OCH3 is 1. The molecular weight excluding hydrogens is 220 g/mol. The summed E-state index contributed by atoms with van der Waals surface area (Å²) in [5, 5.41) is 2.85. The number of ether oxygens (including phenoxy) is 1. The van der Waals surface area contributed by atoms with E-state index in [-0.39, 0.29) is 17.9 Å². The van der Waals surface area contributed by atoms with Crippen molar-refractivity contribution < 1.29 is 14.3 Å². The van der Waals surface area contributed by atoms with Crippen molar-refractivity contribution in [2.75, 3.05) is 26.8 Å². The van der Waals surface area contributed by atoms with E-state index >= 15 is 0 Å². The van der Waals surface area contributed by atoms with Gasteiger partial charge in [0.05, 0.1) is 0 Å². The van der Waals surface area contributed by atoms with Crippen LogP contribution in [0.5, 0.6) is 0 Å². The number of hydrogen-bond donors (Lipinski definition) is 1. The zero-order valence-corrected chi connectivity index (χ0v) is 10.3. The van der Waals surface area contributed by atoms with Gasteiger partial charge in [0.1, 0.15) is 6.04 Å². The first-order chi connectivity index (χ1) is 8.22. The Labute approximate surface area is 101 Å². The van der Waals surface area contributed by atoms with Gasteiger partial charge in [0.2, 0.25) is 11.8 Å². The molecule has 2 aliphatic rings. The molecule has 1 saturated carbocycles. The van der Waals surface area contributed by atoms with Gasteiger partial charge in [-0.15, -0.1) is 0 Å². The Kier molecular flexibility index (Phi) is 3.99. The number of nitrogens with one attached hydrogen (secondary N) is 1. The number of carbonyl (C=O) groups excluding carboxylic acids is 2. The Morgan fingerprint density at radius 3 is 2.82 bits per heavy atom. The SMILES string of the molecule is COCCCN1CCC(=O)NC(C2CC2)C1=O. The number of nitrogens with zero attached hydrogens (tertiary/aromatic N) is 1. The molecule has 2 rings (SSSR count). The van der Waals surface area contributed by atoms with Crippen molar-refractivity contribution in [2.45, 2.75) is 31.7 Å². The van der Waals surface area contributed by atoms with E-state index in [1.165, 1.54) is 0 Å². The van der Waals surface area contributed by atoms with Crippen LogP contribution >= 0.6 is 0 Å². The molecular formula is C12H20N2O3. The minimum absolute atomic E-state index is 0.00416. The first kappa shape index (κ1) is 12.4. The van der Waals surface area contributed by atoms with Crippen molar-refractivity contribution in [3.8, 4) is 0 Å². The van der Waals surface area contributed by atoms with E-state index in [1.807, 2.05) is 0 Å². The highest BCUT2D eigenvalue weighted by atomic mass is 16.5. The van der Waals surface area contributed by atoms with Crippen molar-refractivity contribution in [3.63, 3.8) is 0 Å². The lowest BCUT2D eigenvalue weighted by molar-refractivity contribution is -0.134. The summed E-state index contributed by atoms with van der Waals surface area (Å²) in [6.07, 6.45) is 3.36. The van der Waals surface area contributed by atoms with Gasteiger partial charge in [-0.1, -0.05) is 0 Å². The van der Waals surface area contributed by atoms with Crippen LogP contribution in [0, 0.1) is 5.92 Å². The van der Waals surface area contributed by atoms with Gasteiger partial charge in [0.25, 0.3) is 0 Å². The molecule has 0 radical (unpaired) electrons. The van der Waals surface area contributed by atoms with Crippen molar-refractivity contribution in [3.05, 3.63) is 0 Å². The van der Waals surface area contributed by atoms with Crippen LogP contribution in [0.3, 0.4) is 0 Å². The number of amides is 2. The zero-order chi connectivity index (χ0) is 12.3. The summed E-state index contributed by atoms with van der Waals surface area (Å²) in [6, 6.07) is -0.271. The quantitative estimate of drug-likeness (QED) is 0.696. The molecule has 1 N–H and O–H groups in total. The van der Waals surface area contributed by atoms with Crippen LogP contribution in [0.4, 0.5) is 0 Å². The molecule has 1 aliphatic heterocycles. The molecule has 0 aromatic heterocycles. The fourth-order valence-electron chi connectivity index (χ4n) is 2.22. The second-order valence-corrected chi connectivity index (χ2v) is 4.80. The smallest absolute Gasteiger partial charge is 0.245 e. The van der Waals surface area contributed by atoms with Crippen molar-refractivity contribution in [2.24, 2.45) is 5.92 Å². The molecule has 0 aromatic rings. The van der Waals surface area contributed by atoms with Crippen LogP contribution in [0.2, 0.25) is 0 Å². The van der Waals surface area contributed by atoms with Gasteiger partial charge < -0.3 is 15.0 Å². The molecule has 2 fully saturated rings. The molecule has 1 heterocycles. The summed E-state index contributed by atoms with van der Waals surface area (Å²) >= 11 is 0. The Morgan fingerprint density at radius 2 is 2.18 bits per heavy atom. The third-order valence-corrected chi connectivity index (χ3v) is 3.37. The maximum absolute atomic E-state index is 12.2. The van der Waals surface area contributed by atoms with Gasteiger partial charge in [-0.3, -0.25) is 9.59 Å². The summed E-state index contributed by atoms with van der Waals surface area (Å²) < 4.78 is 4.99. The van der Waals surface area contributed by atoms with Crippen LogP contribution in [0.1, 0.15) is 25.7 Å². The van der Waals surface area contributed by atoms with Gasteiger partial charge in [-0.05, 0) is 25.2 Å². The molecule has 0 spiro atoms. The van der Waals surface area contributed by atoms with Gasteiger partial charge in [-0.2, -0.15) is 0 Å². The van der Waals surface area contributed by atoms with Crippen molar-refractivity contribution >= 4 is 11.8 Å². The molecule has 17 heavy (non-hydrogen) atoms. The zero-order valence-electron chi connectivity index (χ0n) is 10.3. The molecule has 1 atom stereocenters. The Bertz CT molecular complexity index is 302. The van der Waals surface area contributed by atoms with E-state index in [9.17, 15) is 9.59 Å². The Hall–Kier alpha value is -1.10. The summed E-state index contributed by atoms with van der Waals surface area (Å²) in [7, 11) is 1.66. The molecule has 1 unspecified atom stereocenters. The molecule has 96 valence electrons. The lowest BCUT2D eigenvalue weighted by Gasteiger charge is -2.23. The van der Waals surface area contributed by atoms with Crippen LogP contribution in [-0.2, 0) is 14.3 Å². The molecule has 0 aromatic carbocycles. The summed E-state index contributed by atoms with van der Waals surface area (Å²) in [4.78, 5) is 25.6. The van der Waals surface area contributed by atoms with Gasteiger partial charge >= 0.3 is 0 Å². The molecule has 0 bridgehead atoms. The molecule has 2 amide bonds. The average Bonchev–Trinajstić information content (AvgIpc) is 3.13. The first-order valence-electron chi connectivity index (χ1n) is 6.29. The predicted molar refractivity (Wildman–Crippen MR) is 62.3 cm³/mol. The number of hydrogen-bond acceptors (Lipinski definition) is 3. The van der Waals surface area contributed by atoms with Crippen LogP contribution in [0.15, 0.2) is 0 Å². The lowest BCUT2D eigenvalue weighted by atomic mass is 10.1. The summed E-state index contributed by atoms with van der Waals surface area (Å²) in [5.41, 5.74) is 0. The van der Waals surface area contributed by atoms with Gasteiger partial charge in [-0.25, -0.2) is 0 Å². The van der Waals surface area contributed by atoms with E-state index in [1.54, 1.807) is 12.0 Å². The monoisotopic (exact) mass is 240 g/mol. The second-order valence-electron chi connectivity index (χ2n) is 4.80. The third kappa shape index (κ3) is 3.19. The van der Waals surface area contributed by atoms with Crippen molar-refractivity contribution in [1.82, 2.24) is 10.2 Å². The maximum Gasteiger partial charge on any atom is 0.245 e. The van der Waals surface area contributed by atoms with Gasteiger partial charge in [0.15, 0.2) is 0 Å². The fourth-order valence-corrected chi connectivity index (χ4v) is 2.22. The minimum Gasteiger partial charge on any atom is -0.385 e. The molecule has 1 aliphatic carbocycles. The highest BCUT2D eigenvalue weighted by Gasteiger charge is 2.40. The summed E-state index contributed by atoms with van der Waals surface area (Å²) in [5.74, 6) is 0.466. The van der Waals surface area contributed by atoms with E-state index in [0.717, 1.165) is 19.3 Å². The van der Waals surface area contributed by atoms with Crippen molar-refractivity contribution in [1.29, 1.82) is 0 Å². The second kappa shape index (κ2) is 5.49. The predicted octanol–water partition coefficient (Wildman–Crippen LogP) is 0.150. The number of carbonyl (C=O) groups is 2. The van der Waals surface area contributed by atoms with E-state index in [0.29, 0.717) is 32.0 Å². The van der Waals surface area contributed by atoms with E-state index < -0.39 is 0 Å². The standard InChI is InChI=1S/C12H20N2O3/c1-17-8-2-6-14-7-5-10(15)13-11(12(14)16)9-3-4-9/h9,11H,2-8H2,1H3,(H,13,15). The van der Waals surface area contributed by atoms with Crippen LogP contribution < -0.4 is 5.32 Å². The molecule has 5 heteroatoms. The minimum atomic E-state index is -0.271. The van der Waals surface area contributed by atoms with E-state index in [4.69, 9.17) is 4.74 Å². The Morgan fingerprint density at radius 1 is 1.41 bits per heavy atom. The lowest BCUT2D eigenvalue weighted by Crippen LogP contribution is -2.46. The normalized spacial score (nSPS) is 25.7. The van der Waals surface area contributed by atoms with Crippen LogP contribution in [-0.4, -0.2) is 49.6 Å². The average molecular weight is 240 g/mol. The van der Waals surface area contributed by atoms with Crippen LogP contribution in [0.25, 0.3) is 0 Å². The Balaban J connectivity index is 1.94. The van der Waals surface area contributed by atoms with E-state index in [2.05, 4.69) is 5.32 Å². The highest BCUT2D eigenvalue weighted by molar-refractivity contribution is 5.90. The largest absolute Gasteiger partial charge is 0.385 e. The fraction of sp³-hybridized carbons (Fsp3) is 0.833. The third-order valence-electron chi connectivity index (χ3n) is 3.37. The van der Waals surface area contributed by atoms with Gasteiger partial charge in [0, 0.05) is 33.2 Å². The highest BCUT2D eigenvalue weighted by Crippen LogP contribution is 2.34. The molecule has 1 saturated heterocycles. The molecule has 5 nitrogen and oxygen atoms in total. The summed E-state index contributed by atoms with van der Waals surface area (Å²) in [6.45, 7) is 1.88. The number of rotatable bonds is 5. The maximum atomic E-state index is 12.2. The first-order valence-corrected chi connectivity index (χ1v) is 6.29. The topological polar surface area (TPSA) is 58.6 Å².